The van der Waals surface area contributed by atoms with Gasteiger partial charge in [0, 0.05) is 19.4 Å². The molecule has 0 radical (unpaired) electrons. The highest BCUT2D eigenvalue weighted by molar-refractivity contribution is 6.22. The molecule has 2 aliphatic rings. The van der Waals surface area contributed by atoms with E-state index in [1.807, 2.05) is 11.8 Å². The summed E-state index contributed by atoms with van der Waals surface area (Å²) >= 11 is 0. The van der Waals surface area contributed by atoms with E-state index in [0.29, 0.717) is 42.8 Å². The SMILES string of the molecule is CCN1CCOC1=C1C(=O)CC(c2cc(OC)c(OC)c(OC)c2)CC1=O. The molecule has 1 aliphatic carbocycles. The van der Waals surface area contributed by atoms with Gasteiger partial charge in [0.05, 0.1) is 27.9 Å². The number of benzene rings is 1. The first-order valence-corrected chi connectivity index (χ1v) is 9.02. The predicted octanol–water partition coefficient (Wildman–Crippen LogP) is 2.29. The lowest BCUT2D eigenvalue weighted by Crippen LogP contribution is -2.30. The van der Waals surface area contributed by atoms with Crippen LogP contribution in [0.3, 0.4) is 0 Å². The molecular weight excluding hydrogens is 350 g/mol. The Balaban J connectivity index is 1.93. The third-order valence-corrected chi connectivity index (χ3v) is 5.06. The molecule has 1 aromatic rings. The van der Waals surface area contributed by atoms with Gasteiger partial charge in [0.1, 0.15) is 12.2 Å². The molecule has 3 rings (SSSR count). The number of nitrogens with zero attached hydrogens (tertiary/aromatic N) is 1. The largest absolute Gasteiger partial charge is 0.493 e. The van der Waals surface area contributed by atoms with Crippen LogP contribution in [0.25, 0.3) is 0 Å². The molecule has 27 heavy (non-hydrogen) atoms. The number of ketones is 2. The lowest BCUT2D eigenvalue weighted by atomic mass is 9.79. The van der Waals surface area contributed by atoms with E-state index in [1.54, 1.807) is 12.1 Å². The summed E-state index contributed by atoms with van der Waals surface area (Å²) in [6.07, 6.45) is 0.480. The fraction of sp³-hybridized carbons (Fsp3) is 0.500. The summed E-state index contributed by atoms with van der Waals surface area (Å²) in [4.78, 5) is 27.5. The highest BCUT2D eigenvalue weighted by Crippen LogP contribution is 2.43. The molecule has 0 unspecified atom stereocenters. The van der Waals surface area contributed by atoms with Crippen molar-refractivity contribution >= 4 is 11.6 Å². The summed E-state index contributed by atoms with van der Waals surface area (Å²) in [6, 6.07) is 3.60. The number of methoxy groups -OCH3 is 3. The molecule has 146 valence electrons. The van der Waals surface area contributed by atoms with Crippen LogP contribution < -0.4 is 14.2 Å². The first-order chi connectivity index (χ1) is 13.0. The maximum Gasteiger partial charge on any atom is 0.204 e. The summed E-state index contributed by atoms with van der Waals surface area (Å²) < 4.78 is 21.7. The summed E-state index contributed by atoms with van der Waals surface area (Å²) in [5.74, 6) is 1.34. The Labute approximate surface area is 158 Å². The topological polar surface area (TPSA) is 74.3 Å². The van der Waals surface area contributed by atoms with Crippen molar-refractivity contribution in [3.63, 3.8) is 0 Å². The lowest BCUT2D eigenvalue weighted by molar-refractivity contribution is -0.125. The first-order valence-electron chi connectivity index (χ1n) is 9.02. The third-order valence-electron chi connectivity index (χ3n) is 5.06. The average molecular weight is 375 g/mol. The van der Waals surface area contributed by atoms with Gasteiger partial charge in [-0.05, 0) is 30.5 Å². The highest BCUT2D eigenvalue weighted by atomic mass is 16.5. The monoisotopic (exact) mass is 375 g/mol. The van der Waals surface area contributed by atoms with E-state index in [-0.39, 0.29) is 35.9 Å². The molecule has 1 saturated carbocycles. The second-order valence-electron chi connectivity index (χ2n) is 6.52. The zero-order chi connectivity index (χ0) is 19.6. The van der Waals surface area contributed by atoms with Gasteiger partial charge < -0.3 is 23.8 Å². The van der Waals surface area contributed by atoms with Crippen molar-refractivity contribution in [2.45, 2.75) is 25.7 Å². The molecule has 2 fully saturated rings. The van der Waals surface area contributed by atoms with Gasteiger partial charge in [-0.1, -0.05) is 0 Å². The predicted molar refractivity (Wildman–Crippen MR) is 98.3 cm³/mol. The Kier molecular flexibility index (Phi) is 5.58. The minimum absolute atomic E-state index is 0.180. The van der Waals surface area contributed by atoms with Crippen molar-refractivity contribution in [1.82, 2.24) is 4.90 Å². The molecule has 1 saturated heterocycles. The number of hydrogen-bond acceptors (Lipinski definition) is 7. The number of hydrogen-bond donors (Lipinski definition) is 0. The normalized spacial score (nSPS) is 20.0. The zero-order valence-corrected chi connectivity index (χ0v) is 16.2. The zero-order valence-electron chi connectivity index (χ0n) is 16.2. The molecular formula is C20H25NO6. The van der Waals surface area contributed by atoms with E-state index in [1.165, 1.54) is 21.3 Å². The molecule has 0 bridgehead atoms. The first kappa shape index (κ1) is 19.1. The van der Waals surface area contributed by atoms with E-state index in [2.05, 4.69) is 0 Å². The average Bonchev–Trinajstić information content (AvgIpc) is 3.14. The molecule has 0 spiro atoms. The van der Waals surface area contributed by atoms with Crippen LogP contribution in [0.15, 0.2) is 23.6 Å². The number of rotatable bonds is 5. The number of Topliss-reactive ketones (excluding diaryl/α,β-unsaturated/α-hetero) is 2. The molecule has 0 atom stereocenters. The number of likely N-dealkylation sites (N-methyl/N-ethyl adjacent to an activating group) is 1. The lowest BCUT2D eigenvalue weighted by Gasteiger charge is -2.26. The molecule has 1 aliphatic heterocycles. The van der Waals surface area contributed by atoms with E-state index in [0.717, 1.165) is 5.56 Å². The maximum absolute atomic E-state index is 12.8. The van der Waals surface area contributed by atoms with E-state index in [9.17, 15) is 9.59 Å². The second kappa shape index (κ2) is 7.90. The molecule has 7 heteroatoms. The highest BCUT2D eigenvalue weighted by Gasteiger charge is 2.37. The maximum atomic E-state index is 12.8. The third kappa shape index (κ3) is 3.46. The van der Waals surface area contributed by atoms with Gasteiger partial charge in [0.25, 0.3) is 0 Å². The van der Waals surface area contributed by atoms with Gasteiger partial charge in [-0.15, -0.1) is 0 Å². The fourth-order valence-corrected chi connectivity index (χ4v) is 3.67. The smallest absolute Gasteiger partial charge is 0.204 e. The van der Waals surface area contributed by atoms with Crippen LogP contribution in [0.5, 0.6) is 17.2 Å². The fourth-order valence-electron chi connectivity index (χ4n) is 3.67. The molecule has 1 aromatic carbocycles. The Morgan fingerprint density at radius 1 is 1.04 bits per heavy atom. The van der Waals surface area contributed by atoms with Gasteiger partial charge in [0.15, 0.2) is 23.1 Å². The molecule has 0 aromatic heterocycles. The van der Waals surface area contributed by atoms with Crippen LogP contribution in [0, 0.1) is 0 Å². The minimum Gasteiger partial charge on any atom is -0.493 e. The van der Waals surface area contributed by atoms with Crippen molar-refractivity contribution in [3.05, 3.63) is 29.2 Å². The van der Waals surface area contributed by atoms with Crippen molar-refractivity contribution in [2.24, 2.45) is 0 Å². The number of carbonyl (C=O) groups excluding carboxylic acids is 2. The number of allylic oxidation sites excluding steroid dienone is 1. The van der Waals surface area contributed by atoms with Crippen LogP contribution in [-0.4, -0.2) is 57.5 Å². The molecule has 0 N–H and O–H groups in total. The molecule has 7 nitrogen and oxygen atoms in total. The van der Waals surface area contributed by atoms with Crippen LogP contribution >= 0.6 is 0 Å². The van der Waals surface area contributed by atoms with Crippen LogP contribution in [0.2, 0.25) is 0 Å². The van der Waals surface area contributed by atoms with Gasteiger partial charge in [-0.25, -0.2) is 0 Å². The summed E-state index contributed by atoms with van der Waals surface area (Å²) in [7, 11) is 4.61. The van der Waals surface area contributed by atoms with Crippen molar-refractivity contribution in [3.8, 4) is 17.2 Å². The molecule has 0 amide bonds. The Hall–Kier alpha value is -2.70. The number of carbonyl (C=O) groups is 2. The minimum atomic E-state index is -0.237. The van der Waals surface area contributed by atoms with Gasteiger partial charge >= 0.3 is 0 Å². The van der Waals surface area contributed by atoms with Crippen molar-refractivity contribution in [2.75, 3.05) is 41.0 Å². The standard InChI is InChI=1S/C20H25NO6/c1-5-21-6-7-27-20(21)18-14(22)8-12(9-15(18)23)13-10-16(24-2)19(26-4)17(11-13)25-3/h10-12H,5-9H2,1-4H3. The summed E-state index contributed by atoms with van der Waals surface area (Å²) in [6.45, 7) is 3.89. The Morgan fingerprint density at radius 3 is 2.11 bits per heavy atom. The number of ether oxygens (including phenoxy) is 4. The quantitative estimate of drug-likeness (QED) is 0.577. The van der Waals surface area contributed by atoms with E-state index in [4.69, 9.17) is 18.9 Å². The van der Waals surface area contributed by atoms with Gasteiger partial charge in [-0.3, -0.25) is 9.59 Å². The molecule has 1 heterocycles. The van der Waals surface area contributed by atoms with Gasteiger partial charge in [-0.2, -0.15) is 0 Å². The Bertz CT molecular complexity index is 740. The van der Waals surface area contributed by atoms with Crippen LogP contribution in [0.4, 0.5) is 0 Å². The second-order valence-corrected chi connectivity index (χ2v) is 6.52. The van der Waals surface area contributed by atoms with E-state index >= 15 is 0 Å². The summed E-state index contributed by atoms with van der Waals surface area (Å²) in [5.41, 5.74) is 1.02. The van der Waals surface area contributed by atoms with Crippen LogP contribution in [-0.2, 0) is 14.3 Å². The van der Waals surface area contributed by atoms with Crippen LogP contribution in [0.1, 0.15) is 31.2 Å². The van der Waals surface area contributed by atoms with Gasteiger partial charge in [0.2, 0.25) is 11.6 Å². The summed E-state index contributed by atoms with van der Waals surface area (Å²) in [5, 5.41) is 0. The Morgan fingerprint density at radius 2 is 1.63 bits per heavy atom. The van der Waals surface area contributed by atoms with Crippen molar-refractivity contribution < 1.29 is 28.5 Å². The van der Waals surface area contributed by atoms with E-state index < -0.39 is 0 Å². The van der Waals surface area contributed by atoms with Crippen molar-refractivity contribution in [1.29, 1.82) is 0 Å².